The number of rotatable bonds is 4. The maximum atomic E-state index is 5.62. The summed E-state index contributed by atoms with van der Waals surface area (Å²) in [5, 5.41) is 2.46. The lowest BCUT2D eigenvalue weighted by molar-refractivity contribution is -0.0672. The molecule has 0 radical (unpaired) electrons. The van der Waals surface area contributed by atoms with E-state index in [0.717, 1.165) is 63.4 Å². The van der Waals surface area contributed by atoms with Gasteiger partial charge in [-0.2, -0.15) is 9.97 Å². The molecule has 1 fully saturated rings. The molecule has 7 heterocycles. The van der Waals surface area contributed by atoms with E-state index in [1.165, 1.54) is 33.3 Å². The van der Waals surface area contributed by atoms with Crippen molar-refractivity contribution >= 4 is 22.1 Å². The van der Waals surface area contributed by atoms with Gasteiger partial charge in [-0.3, -0.25) is 4.90 Å². The Kier molecular flexibility index (Phi) is 5.83. The van der Waals surface area contributed by atoms with E-state index in [1.807, 2.05) is 12.1 Å². The second-order valence-corrected chi connectivity index (χ2v) is 11.0. The van der Waals surface area contributed by atoms with Gasteiger partial charge in [0, 0.05) is 79.4 Å². The van der Waals surface area contributed by atoms with Crippen LogP contribution in [0.2, 0.25) is 0 Å². The van der Waals surface area contributed by atoms with Crippen LogP contribution in [0.1, 0.15) is 28.4 Å². The number of likely N-dealkylation sites (N-methyl/N-ethyl adjacent to an activating group) is 1. The normalized spacial score (nSPS) is 23.1. The van der Waals surface area contributed by atoms with Crippen LogP contribution in [-0.4, -0.2) is 95.5 Å². The van der Waals surface area contributed by atoms with E-state index in [4.69, 9.17) is 24.2 Å². The molecule has 4 aromatic heterocycles. The van der Waals surface area contributed by atoms with E-state index < -0.39 is 0 Å². The first-order valence-electron chi connectivity index (χ1n) is 13.6. The molecule has 0 bridgehead atoms. The van der Waals surface area contributed by atoms with Crippen molar-refractivity contribution in [3.63, 3.8) is 0 Å². The van der Waals surface area contributed by atoms with Gasteiger partial charge in [0.25, 0.3) is 0 Å². The highest BCUT2D eigenvalue weighted by atomic mass is 16.5. The summed E-state index contributed by atoms with van der Waals surface area (Å²) in [6, 6.07) is 9.18. The lowest BCUT2D eigenvalue weighted by Gasteiger charge is -2.40. The standard InChI is InChI=1S/C29H36N6O3/c1-33-11-10-23-21(20-6-8-26(37-4)31-29(20)34(23)2)13-24(33)22-14-35(17-15-38-16-17)12-9-18-19-5-7-25(36-3)30-28(19)32-27(18)22/h5-8,17,22,24H,9-16H2,1-4H3,(H,30,32). The number of nitrogens with zero attached hydrogens (tertiary/aromatic N) is 5. The van der Waals surface area contributed by atoms with Gasteiger partial charge in [0.15, 0.2) is 0 Å². The van der Waals surface area contributed by atoms with Crippen LogP contribution >= 0.6 is 0 Å². The summed E-state index contributed by atoms with van der Waals surface area (Å²) in [5.74, 6) is 1.62. The second kappa shape index (κ2) is 9.25. The number of fused-ring (bicyclic) bond motifs is 6. The molecule has 9 heteroatoms. The van der Waals surface area contributed by atoms with Crippen molar-refractivity contribution in [2.24, 2.45) is 7.05 Å². The molecule has 0 aromatic carbocycles. The minimum absolute atomic E-state index is 0.311. The molecule has 3 aliphatic heterocycles. The largest absolute Gasteiger partial charge is 0.481 e. The fourth-order valence-electron chi connectivity index (χ4n) is 6.93. The van der Waals surface area contributed by atoms with Crippen molar-refractivity contribution in [3.8, 4) is 11.8 Å². The smallest absolute Gasteiger partial charge is 0.214 e. The van der Waals surface area contributed by atoms with Gasteiger partial charge < -0.3 is 28.7 Å². The lowest BCUT2D eigenvalue weighted by atomic mass is 9.87. The maximum Gasteiger partial charge on any atom is 0.214 e. The molecule has 200 valence electrons. The average Bonchev–Trinajstić information content (AvgIpc) is 3.24. The molecule has 0 amide bonds. The minimum atomic E-state index is 0.311. The van der Waals surface area contributed by atoms with Crippen LogP contribution in [0.3, 0.4) is 0 Å². The summed E-state index contributed by atoms with van der Waals surface area (Å²) in [4.78, 5) is 18.6. The van der Waals surface area contributed by atoms with Crippen LogP contribution in [-0.2, 0) is 31.0 Å². The van der Waals surface area contributed by atoms with Crippen LogP contribution in [0.4, 0.5) is 0 Å². The quantitative estimate of drug-likeness (QED) is 0.447. The molecule has 38 heavy (non-hydrogen) atoms. The number of H-pyrrole nitrogens is 1. The fraction of sp³-hybridized carbons (Fsp3) is 0.517. The molecule has 7 rings (SSSR count). The summed E-state index contributed by atoms with van der Waals surface area (Å²) < 4.78 is 18.8. The predicted molar refractivity (Wildman–Crippen MR) is 146 cm³/mol. The van der Waals surface area contributed by atoms with E-state index in [0.29, 0.717) is 29.8 Å². The first-order chi connectivity index (χ1) is 18.6. The molecule has 9 nitrogen and oxygen atoms in total. The molecular formula is C29H36N6O3. The van der Waals surface area contributed by atoms with Gasteiger partial charge in [-0.05, 0) is 43.1 Å². The van der Waals surface area contributed by atoms with Crippen LogP contribution in [0, 0.1) is 0 Å². The van der Waals surface area contributed by atoms with Crippen molar-refractivity contribution < 1.29 is 14.2 Å². The van der Waals surface area contributed by atoms with Gasteiger partial charge in [0.2, 0.25) is 11.8 Å². The third kappa shape index (κ3) is 3.71. The third-order valence-electron chi connectivity index (χ3n) is 9.17. The number of nitrogens with one attached hydrogen (secondary N) is 1. The van der Waals surface area contributed by atoms with Crippen LogP contribution < -0.4 is 9.47 Å². The summed E-state index contributed by atoms with van der Waals surface area (Å²) in [5.41, 5.74) is 7.49. The molecule has 2 atom stereocenters. The maximum absolute atomic E-state index is 5.62. The number of ether oxygens (including phenoxy) is 3. The Morgan fingerprint density at radius 3 is 2.42 bits per heavy atom. The number of hydrogen-bond donors (Lipinski definition) is 1. The Labute approximate surface area is 222 Å². The molecular weight excluding hydrogens is 480 g/mol. The van der Waals surface area contributed by atoms with Crippen molar-refractivity contribution in [1.82, 2.24) is 29.3 Å². The zero-order valence-electron chi connectivity index (χ0n) is 22.7. The number of pyridine rings is 2. The predicted octanol–water partition coefficient (Wildman–Crippen LogP) is 2.91. The van der Waals surface area contributed by atoms with Crippen molar-refractivity contribution in [2.45, 2.75) is 37.3 Å². The monoisotopic (exact) mass is 516 g/mol. The fourth-order valence-corrected chi connectivity index (χ4v) is 6.93. The first-order valence-corrected chi connectivity index (χ1v) is 13.6. The Bertz CT molecular complexity index is 1510. The molecule has 1 saturated heterocycles. The average molecular weight is 517 g/mol. The minimum Gasteiger partial charge on any atom is -0.481 e. The van der Waals surface area contributed by atoms with Gasteiger partial charge in [-0.25, -0.2) is 0 Å². The SMILES string of the molecule is COc1ccc2c3c([nH]c2n1)C(C1Cc2c(n(C)c4nc(OC)ccc24)CCN1C)CN(C1COC1)CC3. The number of aromatic nitrogens is 4. The lowest BCUT2D eigenvalue weighted by Crippen LogP contribution is -2.52. The van der Waals surface area contributed by atoms with Gasteiger partial charge in [-0.15, -0.1) is 0 Å². The number of aryl methyl sites for hydroxylation is 1. The number of hydrogen-bond acceptors (Lipinski definition) is 7. The molecule has 2 unspecified atom stereocenters. The Morgan fingerprint density at radius 2 is 1.68 bits per heavy atom. The molecule has 0 aliphatic carbocycles. The van der Waals surface area contributed by atoms with Gasteiger partial charge in [0.05, 0.1) is 33.5 Å². The first kappa shape index (κ1) is 23.9. The van der Waals surface area contributed by atoms with Gasteiger partial charge >= 0.3 is 0 Å². The molecule has 0 saturated carbocycles. The molecule has 3 aliphatic rings. The summed E-state index contributed by atoms with van der Waals surface area (Å²) in [6.07, 6.45) is 2.99. The Morgan fingerprint density at radius 1 is 0.921 bits per heavy atom. The number of methoxy groups -OCH3 is 2. The van der Waals surface area contributed by atoms with Crippen LogP contribution in [0.25, 0.3) is 22.1 Å². The van der Waals surface area contributed by atoms with E-state index in [9.17, 15) is 0 Å². The van der Waals surface area contributed by atoms with E-state index in [2.05, 4.69) is 45.6 Å². The Balaban J connectivity index is 1.34. The van der Waals surface area contributed by atoms with E-state index in [1.54, 1.807) is 14.2 Å². The topological polar surface area (TPSA) is 80.7 Å². The number of aromatic amines is 1. The summed E-state index contributed by atoms with van der Waals surface area (Å²) >= 11 is 0. The zero-order chi connectivity index (χ0) is 26.0. The zero-order valence-corrected chi connectivity index (χ0v) is 22.7. The van der Waals surface area contributed by atoms with Crippen LogP contribution in [0.5, 0.6) is 11.8 Å². The molecule has 1 N–H and O–H groups in total. The van der Waals surface area contributed by atoms with E-state index in [-0.39, 0.29) is 0 Å². The highest BCUT2D eigenvalue weighted by molar-refractivity contribution is 5.84. The summed E-state index contributed by atoms with van der Waals surface area (Å²) in [7, 11) is 7.80. The van der Waals surface area contributed by atoms with Crippen molar-refractivity contribution in [3.05, 3.63) is 46.8 Å². The van der Waals surface area contributed by atoms with Crippen molar-refractivity contribution in [1.29, 1.82) is 0 Å². The molecule has 4 aromatic rings. The highest BCUT2D eigenvalue weighted by Gasteiger charge is 2.39. The Hall–Kier alpha value is -3.14. The van der Waals surface area contributed by atoms with Gasteiger partial charge in [0.1, 0.15) is 11.3 Å². The molecule has 0 spiro atoms. The van der Waals surface area contributed by atoms with Gasteiger partial charge in [-0.1, -0.05) is 0 Å². The van der Waals surface area contributed by atoms with E-state index >= 15 is 0 Å². The second-order valence-electron chi connectivity index (χ2n) is 11.0. The third-order valence-corrected chi connectivity index (χ3v) is 9.17. The summed E-state index contributed by atoms with van der Waals surface area (Å²) in [6.45, 7) is 4.72. The van der Waals surface area contributed by atoms with Crippen LogP contribution in [0.15, 0.2) is 24.3 Å². The highest BCUT2D eigenvalue weighted by Crippen LogP contribution is 2.39. The van der Waals surface area contributed by atoms with Crippen molar-refractivity contribution in [2.75, 3.05) is 54.1 Å².